The molecule has 248 valence electrons. The summed E-state index contributed by atoms with van der Waals surface area (Å²) >= 11 is 3.26. The minimum atomic E-state index is -4.99. The summed E-state index contributed by atoms with van der Waals surface area (Å²) < 4.78 is 88.2. The summed E-state index contributed by atoms with van der Waals surface area (Å²) in [6.45, 7) is 3.45. The van der Waals surface area contributed by atoms with Crippen LogP contribution in [-0.2, 0) is 28.4 Å². The number of carboxylic acids is 1. The molecule has 0 bridgehead atoms. The molecular weight excluding hydrogens is 674 g/mol. The Hall–Kier alpha value is -3.10. The van der Waals surface area contributed by atoms with Gasteiger partial charge >= 0.3 is 24.4 Å². The van der Waals surface area contributed by atoms with E-state index >= 15 is 0 Å². The van der Waals surface area contributed by atoms with Crippen molar-refractivity contribution in [2.75, 3.05) is 4.90 Å². The van der Waals surface area contributed by atoms with E-state index < -0.39 is 53.6 Å². The second-order valence-corrected chi connectivity index (χ2v) is 12.5. The Labute approximate surface area is 265 Å². The van der Waals surface area contributed by atoms with Gasteiger partial charge in [0.2, 0.25) is 5.95 Å². The highest BCUT2D eigenvalue weighted by atomic mass is 79.9. The number of likely N-dealkylation sites (tertiary alicyclic amines) is 1. The number of carbonyl (C=O) groups excluding carboxylic acids is 1. The number of hydrogen-bond acceptors (Lipinski definition) is 6. The minimum absolute atomic E-state index is 0.0996. The lowest BCUT2D eigenvalue weighted by Gasteiger charge is -2.47. The second kappa shape index (κ2) is 14.1. The number of hydrogen-bond donors (Lipinski definition) is 1. The van der Waals surface area contributed by atoms with Crippen molar-refractivity contribution in [3.63, 3.8) is 0 Å². The molecule has 2 fully saturated rings. The van der Waals surface area contributed by atoms with Gasteiger partial charge in [0.25, 0.3) is 0 Å². The molecule has 0 radical (unpaired) electrons. The smallest absolute Gasteiger partial charge is 0.416 e. The Morgan fingerprint density at radius 1 is 0.933 bits per heavy atom. The molecule has 15 heteroatoms. The van der Waals surface area contributed by atoms with E-state index in [0.717, 1.165) is 0 Å². The Balaban J connectivity index is 1.62. The molecule has 0 spiro atoms. The van der Waals surface area contributed by atoms with Crippen LogP contribution < -0.4 is 4.90 Å². The first-order valence-corrected chi connectivity index (χ1v) is 15.6. The maximum absolute atomic E-state index is 13.6. The van der Waals surface area contributed by atoms with Crippen LogP contribution in [0.25, 0.3) is 0 Å². The number of carboxylic acid groups (broad SMARTS) is 1. The summed E-state index contributed by atoms with van der Waals surface area (Å²) in [5.41, 5.74) is -3.02. The Morgan fingerprint density at radius 2 is 1.44 bits per heavy atom. The Kier molecular flexibility index (Phi) is 10.9. The van der Waals surface area contributed by atoms with Crippen LogP contribution in [-0.4, -0.2) is 56.3 Å². The monoisotopic (exact) mass is 708 g/mol. The molecule has 1 aliphatic carbocycles. The van der Waals surface area contributed by atoms with E-state index in [1.807, 2.05) is 13.8 Å². The number of nitrogens with zero attached hydrogens (tertiary/aromatic N) is 4. The van der Waals surface area contributed by atoms with Crippen molar-refractivity contribution in [2.24, 2.45) is 5.92 Å². The molecule has 3 atom stereocenters. The number of aromatic nitrogens is 2. The fraction of sp³-hybridized carbons (Fsp3) is 0.600. The summed E-state index contributed by atoms with van der Waals surface area (Å²) in [5, 5.41) is 9.27. The number of rotatable bonds is 8. The predicted octanol–water partition coefficient (Wildman–Crippen LogP) is 8.08. The average molecular weight is 710 g/mol. The highest BCUT2D eigenvalue weighted by Crippen LogP contribution is 2.38. The van der Waals surface area contributed by atoms with E-state index in [2.05, 4.69) is 25.9 Å². The second-order valence-electron chi connectivity index (χ2n) is 11.6. The van der Waals surface area contributed by atoms with Gasteiger partial charge in [0.15, 0.2) is 0 Å². The first kappa shape index (κ1) is 34.8. The van der Waals surface area contributed by atoms with Gasteiger partial charge in [-0.1, -0.05) is 13.8 Å². The van der Waals surface area contributed by atoms with Gasteiger partial charge in [0, 0.05) is 37.1 Å². The molecular formula is C30H35BrF6N4O4. The molecule has 1 aromatic heterocycles. The van der Waals surface area contributed by atoms with Crippen molar-refractivity contribution in [1.82, 2.24) is 14.9 Å². The molecule has 1 aromatic carbocycles. The number of alkyl halides is 6. The largest absolute Gasteiger partial charge is 0.481 e. The third-order valence-electron chi connectivity index (χ3n) is 8.62. The zero-order valence-corrected chi connectivity index (χ0v) is 26.3. The van der Waals surface area contributed by atoms with Crippen LogP contribution in [0, 0.1) is 5.92 Å². The third-order valence-corrected chi connectivity index (χ3v) is 9.03. The van der Waals surface area contributed by atoms with Gasteiger partial charge in [-0.05, 0) is 91.1 Å². The Morgan fingerprint density at radius 3 is 1.89 bits per heavy atom. The fourth-order valence-electron chi connectivity index (χ4n) is 6.28. The van der Waals surface area contributed by atoms with Crippen LogP contribution in [0.4, 0.5) is 37.1 Å². The average Bonchev–Trinajstić information content (AvgIpc) is 2.98. The lowest BCUT2D eigenvalue weighted by Crippen LogP contribution is -2.57. The maximum Gasteiger partial charge on any atom is 0.416 e. The standard InChI is InChI=1S/C30H35BrF6N4O4/c1-3-22-12-24(13-23(4-2)41(22)28(44)45-25-7-5-18(6-8-25)26(42)43)40(27-38-14-21(31)15-39-27)16-17-9-19(29(32,33)34)11-20(10-17)30(35,36)37/h9-11,14-15,18,22-25H,3-8,12-13,16H2,1-2H3,(H,42,43)/t18?,22-,23+,24+,25?. The van der Waals surface area contributed by atoms with E-state index in [9.17, 15) is 41.0 Å². The zero-order chi connectivity index (χ0) is 33.1. The number of carbonyl (C=O) groups is 2. The Bertz CT molecular complexity index is 1290. The quantitative estimate of drug-likeness (QED) is 0.277. The summed E-state index contributed by atoms with van der Waals surface area (Å²) in [6, 6.07) is 0.397. The number of anilines is 1. The summed E-state index contributed by atoms with van der Waals surface area (Å²) in [4.78, 5) is 36.7. The van der Waals surface area contributed by atoms with E-state index in [0.29, 0.717) is 68.0 Å². The highest BCUT2D eigenvalue weighted by Gasteiger charge is 2.42. The van der Waals surface area contributed by atoms with E-state index in [4.69, 9.17) is 4.74 Å². The van der Waals surface area contributed by atoms with Crippen LogP contribution in [0.2, 0.25) is 0 Å². The van der Waals surface area contributed by atoms with Gasteiger partial charge in [-0.3, -0.25) is 4.79 Å². The van der Waals surface area contributed by atoms with Gasteiger partial charge in [-0.15, -0.1) is 0 Å². The molecule has 1 saturated carbocycles. The lowest BCUT2D eigenvalue weighted by molar-refractivity contribution is -0.144. The molecule has 1 N–H and O–H groups in total. The fourth-order valence-corrected chi connectivity index (χ4v) is 6.49. The predicted molar refractivity (Wildman–Crippen MR) is 155 cm³/mol. The SMILES string of the molecule is CC[C@@H]1C[C@H](N(Cc2cc(C(F)(F)F)cc(C(F)(F)F)c2)c2ncc(Br)cn2)C[C@H](CC)N1C(=O)OC1CCC(C(=O)O)CC1. The maximum atomic E-state index is 13.6. The molecule has 1 saturated heterocycles. The first-order chi connectivity index (χ1) is 21.1. The van der Waals surface area contributed by atoms with E-state index in [1.165, 1.54) is 12.4 Å². The topological polar surface area (TPSA) is 95.9 Å². The van der Waals surface area contributed by atoms with Crippen molar-refractivity contribution in [3.8, 4) is 0 Å². The van der Waals surface area contributed by atoms with Crippen LogP contribution in [0.3, 0.4) is 0 Å². The zero-order valence-electron chi connectivity index (χ0n) is 24.7. The van der Waals surface area contributed by atoms with Gasteiger partial charge in [0.1, 0.15) is 6.10 Å². The summed E-state index contributed by atoms with van der Waals surface area (Å²) in [7, 11) is 0. The van der Waals surface area contributed by atoms with Crippen LogP contribution in [0.1, 0.15) is 81.9 Å². The van der Waals surface area contributed by atoms with Gasteiger partial charge in [0.05, 0.1) is 21.5 Å². The molecule has 8 nitrogen and oxygen atoms in total. The van der Waals surface area contributed by atoms with Crippen molar-refractivity contribution in [3.05, 3.63) is 51.8 Å². The molecule has 4 rings (SSSR count). The molecule has 1 amide bonds. The van der Waals surface area contributed by atoms with Gasteiger partial charge in [-0.25, -0.2) is 14.8 Å². The molecule has 2 aliphatic rings. The van der Waals surface area contributed by atoms with Crippen molar-refractivity contribution in [1.29, 1.82) is 0 Å². The number of aliphatic carboxylic acids is 1. The number of piperidine rings is 1. The third kappa shape index (κ3) is 8.59. The van der Waals surface area contributed by atoms with E-state index in [-0.39, 0.29) is 36.2 Å². The number of ether oxygens (including phenoxy) is 1. The normalized spacial score (nSPS) is 24.3. The van der Waals surface area contributed by atoms with E-state index in [1.54, 1.807) is 9.80 Å². The molecule has 45 heavy (non-hydrogen) atoms. The lowest BCUT2D eigenvalue weighted by atomic mass is 9.87. The molecule has 2 aromatic rings. The van der Waals surface area contributed by atoms with Crippen molar-refractivity contribution >= 4 is 33.9 Å². The first-order valence-electron chi connectivity index (χ1n) is 14.8. The molecule has 2 heterocycles. The number of amides is 1. The summed E-state index contributed by atoms with van der Waals surface area (Å²) in [5.74, 6) is -1.19. The van der Waals surface area contributed by atoms with Crippen LogP contribution >= 0.6 is 15.9 Å². The van der Waals surface area contributed by atoms with Crippen LogP contribution in [0.15, 0.2) is 35.1 Å². The van der Waals surface area contributed by atoms with Crippen molar-refractivity contribution in [2.45, 2.75) is 108 Å². The number of halogens is 7. The molecule has 0 unspecified atom stereocenters. The minimum Gasteiger partial charge on any atom is -0.481 e. The van der Waals surface area contributed by atoms with Crippen LogP contribution in [0.5, 0.6) is 0 Å². The molecule has 1 aliphatic heterocycles. The summed E-state index contributed by atoms with van der Waals surface area (Å²) in [6.07, 6.45) is -4.56. The van der Waals surface area contributed by atoms with Gasteiger partial charge in [-0.2, -0.15) is 26.3 Å². The number of benzene rings is 1. The van der Waals surface area contributed by atoms with Crippen molar-refractivity contribution < 1.29 is 45.8 Å². The van der Waals surface area contributed by atoms with Gasteiger partial charge < -0.3 is 19.6 Å². The highest BCUT2D eigenvalue weighted by molar-refractivity contribution is 9.10.